The summed E-state index contributed by atoms with van der Waals surface area (Å²) >= 11 is 0. The minimum atomic E-state index is -0.461. The number of hydrogen-bond donors (Lipinski definition) is 0. The second-order valence-corrected chi connectivity index (χ2v) is 4.62. The lowest BCUT2D eigenvalue weighted by atomic mass is 10.2. The SMILES string of the molecule is CCOC(=O)c1ccn(CCCC2(C)OCCO2)n1. The summed E-state index contributed by atoms with van der Waals surface area (Å²) < 4.78 is 17.7. The molecule has 19 heavy (non-hydrogen) atoms. The van der Waals surface area contributed by atoms with Crippen molar-refractivity contribution in [3.05, 3.63) is 18.0 Å². The normalized spacial score (nSPS) is 17.6. The molecule has 0 radical (unpaired) electrons. The fourth-order valence-corrected chi connectivity index (χ4v) is 2.06. The molecule has 1 aromatic heterocycles. The molecule has 0 atom stereocenters. The first kappa shape index (κ1) is 14.0. The minimum Gasteiger partial charge on any atom is -0.461 e. The van der Waals surface area contributed by atoms with Gasteiger partial charge in [0, 0.05) is 19.2 Å². The van der Waals surface area contributed by atoms with Crippen molar-refractivity contribution in [1.29, 1.82) is 0 Å². The second-order valence-electron chi connectivity index (χ2n) is 4.62. The summed E-state index contributed by atoms with van der Waals surface area (Å²) in [5, 5.41) is 4.18. The van der Waals surface area contributed by atoms with Crippen LogP contribution in [-0.4, -0.2) is 41.4 Å². The van der Waals surface area contributed by atoms with Crippen molar-refractivity contribution in [2.75, 3.05) is 19.8 Å². The van der Waals surface area contributed by atoms with Crippen LogP contribution in [0.3, 0.4) is 0 Å². The van der Waals surface area contributed by atoms with Crippen LogP contribution in [-0.2, 0) is 20.8 Å². The van der Waals surface area contributed by atoms with Crippen LogP contribution < -0.4 is 0 Å². The first-order valence-electron chi connectivity index (χ1n) is 6.61. The van der Waals surface area contributed by atoms with Crippen molar-refractivity contribution < 1.29 is 19.0 Å². The number of rotatable bonds is 6. The molecule has 1 fully saturated rings. The van der Waals surface area contributed by atoms with Gasteiger partial charge < -0.3 is 14.2 Å². The number of hydrogen-bond acceptors (Lipinski definition) is 5. The zero-order valence-corrected chi connectivity index (χ0v) is 11.4. The maximum Gasteiger partial charge on any atom is 0.358 e. The Balaban J connectivity index is 1.78. The lowest BCUT2D eigenvalue weighted by molar-refractivity contribution is -0.147. The molecule has 6 nitrogen and oxygen atoms in total. The van der Waals surface area contributed by atoms with Crippen LogP contribution in [0.4, 0.5) is 0 Å². The van der Waals surface area contributed by atoms with Gasteiger partial charge in [-0.15, -0.1) is 0 Å². The third-order valence-electron chi connectivity index (χ3n) is 3.04. The standard InChI is InChI=1S/C13H20N2O4/c1-3-17-12(16)11-5-8-15(14-11)7-4-6-13(2)18-9-10-19-13/h5,8H,3-4,6-7,9-10H2,1-2H3. The van der Waals surface area contributed by atoms with Crippen LogP contribution in [0, 0.1) is 0 Å². The summed E-state index contributed by atoms with van der Waals surface area (Å²) in [7, 11) is 0. The molecule has 1 aliphatic heterocycles. The molecule has 0 N–H and O–H groups in total. The molecule has 0 saturated carbocycles. The average molecular weight is 268 g/mol. The molecule has 2 rings (SSSR count). The van der Waals surface area contributed by atoms with E-state index in [-0.39, 0.29) is 5.97 Å². The van der Waals surface area contributed by atoms with E-state index in [0.29, 0.717) is 25.5 Å². The Morgan fingerprint density at radius 3 is 2.95 bits per heavy atom. The van der Waals surface area contributed by atoms with E-state index in [2.05, 4.69) is 5.10 Å². The smallest absolute Gasteiger partial charge is 0.358 e. The van der Waals surface area contributed by atoms with Gasteiger partial charge in [0.1, 0.15) is 0 Å². The maximum absolute atomic E-state index is 11.5. The van der Waals surface area contributed by atoms with Gasteiger partial charge in [-0.3, -0.25) is 4.68 Å². The Morgan fingerprint density at radius 2 is 2.26 bits per heavy atom. The molecule has 1 aromatic rings. The molecule has 0 aliphatic carbocycles. The molecule has 0 bridgehead atoms. The van der Waals surface area contributed by atoms with Crippen LogP contribution >= 0.6 is 0 Å². The van der Waals surface area contributed by atoms with Crippen LogP contribution in [0.25, 0.3) is 0 Å². The van der Waals surface area contributed by atoms with Gasteiger partial charge >= 0.3 is 5.97 Å². The van der Waals surface area contributed by atoms with Gasteiger partial charge in [0.25, 0.3) is 0 Å². The Bertz CT molecular complexity index is 424. The lowest BCUT2D eigenvalue weighted by Gasteiger charge is -2.21. The number of aryl methyl sites for hydroxylation is 1. The second kappa shape index (κ2) is 6.16. The van der Waals surface area contributed by atoms with Gasteiger partial charge in [-0.2, -0.15) is 5.10 Å². The molecule has 0 spiro atoms. The van der Waals surface area contributed by atoms with Crippen molar-refractivity contribution in [1.82, 2.24) is 9.78 Å². The van der Waals surface area contributed by atoms with E-state index in [9.17, 15) is 4.79 Å². The number of esters is 1. The zero-order chi connectivity index (χ0) is 13.7. The molecule has 106 valence electrons. The summed E-state index contributed by atoms with van der Waals surface area (Å²) in [4.78, 5) is 11.5. The molecular weight excluding hydrogens is 248 g/mol. The Labute approximate surface area is 112 Å². The number of carbonyl (C=O) groups excluding carboxylic acids is 1. The maximum atomic E-state index is 11.5. The topological polar surface area (TPSA) is 62.6 Å². The van der Waals surface area contributed by atoms with Gasteiger partial charge in [0.15, 0.2) is 11.5 Å². The summed E-state index contributed by atoms with van der Waals surface area (Å²) in [5.41, 5.74) is 0.349. The van der Waals surface area contributed by atoms with Crippen molar-refractivity contribution in [2.24, 2.45) is 0 Å². The lowest BCUT2D eigenvalue weighted by Crippen LogP contribution is -2.25. The highest BCUT2D eigenvalue weighted by Crippen LogP contribution is 2.24. The third-order valence-corrected chi connectivity index (χ3v) is 3.04. The fraction of sp³-hybridized carbons (Fsp3) is 0.692. The van der Waals surface area contributed by atoms with Gasteiger partial charge in [-0.1, -0.05) is 0 Å². The minimum absolute atomic E-state index is 0.349. The van der Waals surface area contributed by atoms with Gasteiger partial charge in [0.05, 0.1) is 19.8 Å². The van der Waals surface area contributed by atoms with Crippen LogP contribution in [0.5, 0.6) is 0 Å². The first-order valence-corrected chi connectivity index (χ1v) is 6.61. The van der Waals surface area contributed by atoms with E-state index in [0.717, 1.165) is 19.4 Å². The summed E-state index contributed by atoms with van der Waals surface area (Å²) in [6, 6.07) is 1.67. The summed E-state index contributed by atoms with van der Waals surface area (Å²) in [6.07, 6.45) is 3.47. The van der Waals surface area contributed by atoms with Crippen molar-refractivity contribution in [3.8, 4) is 0 Å². The largest absolute Gasteiger partial charge is 0.461 e. The molecule has 2 heterocycles. The average Bonchev–Trinajstić information content (AvgIpc) is 2.99. The quantitative estimate of drug-likeness (QED) is 0.733. The van der Waals surface area contributed by atoms with E-state index >= 15 is 0 Å². The van der Waals surface area contributed by atoms with E-state index < -0.39 is 5.79 Å². The van der Waals surface area contributed by atoms with E-state index in [4.69, 9.17) is 14.2 Å². The Kier molecular flexibility index (Phi) is 4.55. The predicted molar refractivity (Wildman–Crippen MR) is 67.7 cm³/mol. The number of ether oxygens (including phenoxy) is 3. The van der Waals surface area contributed by atoms with E-state index in [1.165, 1.54) is 0 Å². The van der Waals surface area contributed by atoms with Gasteiger partial charge in [-0.05, 0) is 26.3 Å². The molecule has 0 unspecified atom stereocenters. The highest BCUT2D eigenvalue weighted by molar-refractivity contribution is 5.86. The van der Waals surface area contributed by atoms with Crippen LogP contribution in [0.1, 0.15) is 37.2 Å². The molecular formula is C13H20N2O4. The molecule has 1 aliphatic rings. The van der Waals surface area contributed by atoms with Crippen molar-refractivity contribution in [3.63, 3.8) is 0 Å². The first-order chi connectivity index (χ1) is 9.13. The van der Waals surface area contributed by atoms with Crippen LogP contribution in [0.15, 0.2) is 12.3 Å². The number of nitrogens with zero attached hydrogens (tertiary/aromatic N) is 2. The highest BCUT2D eigenvalue weighted by atomic mass is 16.7. The van der Waals surface area contributed by atoms with Crippen molar-refractivity contribution >= 4 is 5.97 Å². The molecule has 6 heteroatoms. The molecule has 1 saturated heterocycles. The highest BCUT2D eigenvalue weighted by Gasteiger charge is 2.30. The van der Waals surface area contributed by atoms with E-state index in [1.54, 1.807) is 23.9 Å². The Morgan fingerprint density at radius 1 is 1.53 bits per heavy atom. The predicted octanol–water partition coefficient (Wildman–Crippen LogP) is 1.60. The summed E-state index contributed by atoms with van der Waals surface area (Å²) in [5.74, 6) is -0.840. The van der Waals surface area contributed by atoms with Gasteiger partial charge in [-0.25, -0.2) is 4.79 Å². The van der Waals surface area contributed by atoms with Gasteiger partial charge in [0.2, 0.25) is 0 Å². The summed E-state index contributed by atoms with van der Waals surface area (Å²) in [6.45, 7) is 6.13. The number of carbonyl (C=O) groups is 1. The van der Waals surface area contributed by atoms with Crippen molar-refractivity contribution in [2.45, 2.75) is 39.0 Å². The van der Waals surface area contributed by atoms with Crippen LogP contribution in [0.2, 0.25) is 0 Å². The molecule has 0 amide bonds. The monoisotopic (exact) mass is 268 g/mol. The zero-order valence-electron chi connectivity index (χ0n) is 11.4. The Hall–Kier alpha value is -1.40. The fourth-order valence-electron chi connectivity index (χ4n) is 2.06. The molecule has 0 aromatic carbocycles. The number of aromatic nitrogens is 2. The third kappa shape index (κ3) is 3.78. The van der Waals surface area contributed by atoms with E-state index in [1.807, 2.05) is 6.92 Å².